The fraction of sp³-hybridized carbons (Fsp3) is 0.417. The van der Waals surface area contributed by atoms with Crippen LogP contribution in [0.15, 0.2) is 12.1 Å². The average molecular weight is 240 g/mol. The first kappa shape index (κ1) is 11.8. The minimum atomic E-state index is -1.05. The molecule has 0 aromatic heterocycles. The van der Waals surface area contributed by atoms with Crippen LogP contribution in [0, 0.1) is 17.6 Å². The van der Waals surface area contributed by atoms with Gasteiger partial charge >= 0.3 is 0 Å². The molecule has 1 aliphatic rings. The fourth-order valence-electron chi connectivity index (χ4n) is 1.72. The first-order chi connectivity index (χ1) is 7.99. The Morgan fingerprint density at radius 3 is 2.59 bits per heavy atom. The number of nitrogens with zero attached hydrogens (tertiary/aromatic N) is 1. The number of carbonyl (C=O) groups is 1. The van der Waals surface area contributed by atoms with Crippen molar-refractivity contribution in [2.75, 3.05) is 19.3 Å². The molecule has 0 unspecified atom stereocenters. The monoisotopic (exact) mass is 240 g/mol. The van der Waals surface area contributed by atoms with Gasteiger partial charge in [0.15, 0.2) is 11.6 Å². The lowest BCUT2D eigenvalue weighted by molar-refractivity contribution is 0.0789. The molecule has 1 aromatic rings. The molecule has 0 aliphatic heterocycles. The zero-order chi connectivity index (χ0) is 12.6. The molecular weight excluding hydrogens is 226 g/mol. The van der Waals surface area contributed by atoms with Crippen LogP contribution in [-0.4, -0.2) is 24.4 Å². The van der Waals surface area contributed by atoms with E-state index in [2.05, 4.69) is 0 Å². The summed E-state index contributed by atoms with van der Waals surface area (Å²) in [6.07, 6.45) is 2.23. The van der Waals surface area contributed by atoms with Crippen LogP contribution < -0.4 is 5.73 Å². The molecule has 92 valence electrons. The lowest BCUT2D eigenvalue weighted by Crippen LogP contribution is -2.29. The van der Waals surface area contributed by atoms with Crippen molar-refractivity contribution in [3.63, 3.8) is 0 Å². The Hall–Kier alpha value is -1.65. The van der Waals surface area contributed by atoms with Crippen LogP contribution in [0.3, 0.4) is 0 Å². The first-order valence-electron chi connectivity index (χ1n) is 5.49. The number of halogens is 2. The highest BCUT2D eigenvalue weighted by Crippen LogP contribution is 2.30. The smallest absolute Gasteiger partial charge is 0.255 e. The Kier molecular flexibility index (Phi) is 3.00. The van der Waals surface area contributed by atoms with E-state index in [-0.39, 0.29) is 17.2 Å². The highest BCUT2D eigenvalue weighted by atomic mass is 19.2. The third-order valence-electron chi connectivity index (χ3n) is 2.90. The van der Waals surface area contributed by atoms with Gasteiger partial charge in [-0.2, -0.15) is 0 Å². The molecule has 17 heavy (non-hydrogen) atoms. The van der Waals surface area contributed by atoms with E-state index in [0.717, 1.165) is 25.0 Å². The zero-order valence-corrected chi connectivity index (χ0v) is 9.54. The molecule has 3 nitrogen and oxygen atoms in total. The number of nitrogen functional groups attached to an aromatic ring is 1. The number of hydrogen-bond donors (Lipinski definition) is 1. The van der Waals surface area contributed by atoms with Gasteiger partial charge in [0, 0.05) is 25.3 Å². The van der Waals surface area contributed by atoms with Crippen LogP contribution in [0.5, 0.6) is 0 Å². The van der Waals surface area contributed by atoms with E-state index in [1.165, 1.54) is 4.90 Å². The van der Waals surface area contributed by atoms with Crippen molar-refractivity contribution in [3.05, 3.63) is 29.3 Å². The Balaban J connectivity index is 2.20. The van der Waals surface area contributed by atoms with Crippen LogP contribution in [0.4, 0.5) is 14.5 Å². The maximum absolute atomic E-state index is 13.1. The summed E-state index contributed by atoms with van der Waals surface area (Å²) >= 11 is 0. The van der Waals surface area contributed by atoms with Gasteiger partial charge in [-0.05, 0) is 24.8 Å². The van der Waals surface area contributed by atoms with E-state index in [0.29, 0.717) is 12.5 Å². The second-order valence-electron chi connectivity index (χ2n) is 4.48. The second-order valence-corrected chi connectivity index (χ2v) is 4.48. The van der Waals surface area contributed by atoms with Gasteiger partial charge in [-0.25, -0.2) is 8.78 Å². The Morgan fingerprint density at radius 2 is 2.00 bits per heavy atom. The molecule has 2 rings (SSSR count). The number of hydrogen-bond acceptors (Lipinski definition) is 2. The molecule has 0 atom stereocenters. The Labute approximate surface area is 98.2 Å². The lowest BCUT2D eigenvalue weighted by Gasteiger charge is -2.17. The summed E-state index contributed by atoms with van der Waals surface area (Å²) in [5, 5.41) is 0. The van der Waals surface area contributed by atoms with Crippen molar-refractivity contribution in [2.24, 2.45) is 5.92 Å². The standard InChI is InChI=1S/C12H14F2N2O/c1-16(6-7-2-3-7)12(17)8-4-9(13)10(14)5-11(8)15/h4-5,7H,2-3,6,15H2,1H3. The van der Waals surface area contributed by atoms with E-state index in [1.807, 2.05) is 0 Å². The predicted molar refractivity (Wildman–Crippen MR) is 60.5 cm³/mol. The van der Waals surface area contributed by atoms with Crippen molar-refractivity contribution < 1.29 is 13.6 Å². The molecule has 0 spiro atoms. The summed E-state index contributed by atoms with van der Waals surface area (Å²) in [7, 11) is 1.64. The molecule has 1 saturated carbocycles. The van der Waals surface area contributed by atoms with Crippen molar-refractivity contribution in [3.8, 4) is 0 Å². The van der Waals surface area contributed by atoms with Gasteiger partial charge in [-0.15, -0.1) is 0 Å². The van der Waals surface area contributed by atoms with Gasteiger partial charge in [0.2, 0.25) is 0 Å². The maximum atomic E-state index is 13.1. The summed E-state index contributed by atoms with van der Waals surface area (Å²) in [5.74, 6) is -1.92. The molecule has 0 heterocycles. The maximum Gasteiger partial charge on any atom is 0.255 e. The third-order valence-corrected chi connectivity index (χ3v) is 2.90. The highest BCUT2D eigenvalue weighted by molar-refractivity contribution is 5.99. The Bertz CT molecular complexity index is 458. The average Bonchev–Trinajstić information content (AvgIpc) is 3.06. The summed E-state index contributed by atoms with van der Waals surface area (Å²) < 4.78 is 25.9. The number of rotatable bonds is 3. The first-order valence-corrected chi connectivity index (χ1v) is 5.49. The molecular formula is C12H14F2N2O. The van der Waals surface area contributed by atoms with Crippen LogP contribution >= 0.6 is 0 Å². The molecule has 0 radical (unpaired) electrons. The quantitative estimate of drug-likeness (QED) is 0.822. The topological polar surface area (TPSA) is 46.3 Å². The zero-order valence-electron chi connectivity index (χ0n) is 9.54. The predicted octanol–water partition coefficient (Wildman–Crippen LogP) is 2.03. The molecule has 2 N–H and O–H groups in total. The van der Waals surface area contributed by atoms with Gasteiger partial charge in [-0.3, -0.25) is 4.79 Å². The number of amides is 1. The molecule has 1 amide bonds. The molecule has 1 aliphatic carbocycles. The fourth-order valence-corrected chi connectivity index (χ4v) is 1.72. The second kappa shape index (κ2) is 4.31. The summed E-state index contributed by atoms with van der Waals surface area (Å²) in [5.41, 5.74) is 5.51. The molecule has 0 saturated heterocycles. The van der Waals surface area contributed by atoms with Crippen LogP contribution in [-0.2, 0) is 0 Å². The number of anilines is 1. The summed E-state index contributed by atoms with van der Waals surface area (Å²) in [4.78, 5) is 13.4. The van der Waals surface area contributed by atoms with Crippen molar-refractivity contribution in [1.82, 2.24) is 4.90 Å². The number of benzene rings is 1. The van der Waals surface area contributed by atoms with Crippen LogP contribution in [0.25, 0.3) is 0 Å². The highest BCUT2D eigenvalue weighted by Gasteiger charge is 2.26. The third kappa shape index (κ3) is 2.54. The lowest BCUT2D eigenvalue weighted by atomic mass is 10.1. The normalized spacial score (nSPS) is 14.8. The minimum absolute atomic E-state index is 0.0204. The van der Waals surface area contributed by atoms with E-state index < -0.39 is 11.6 Å². The van der Waals surface area contributed by atoms with Crippen LogP contribution in [0.1, 0.15) is 23.2 Å². The van der Waals surface area contributed by atoms with Crippen molar-refractivity contribution >= 4 is 11.6 Å². The molecule has 1 fully saturated rings. The number of nitrogens with two attached hydrogens (primary N) is 1. The van der Waals surface area contributed by atoms with E-state index in [4.69, 9.17) is 5.73 Å². The summed E-state index contributed by atoms with van der Waals surface area (Å²) in [6.45, 7) is 0.636. The van der Waals surface area contributed by atoms with E-state index >= 15 is 0 Å². The van der Waals surface area contributed by atoms with Gasteiger partial charge in [0.25, 0.3) is 5.91 Å². The van der Waals surface area contributed by atoms with Crippen molar-refractivity contribution in [1.29, 1.82) is 0 Å². The molecule has 5 heteroatoms. The van der Waals surface area contributed by atoms with Gasteiger partial charge in [0.1, 0.15) is 0 Å². The van der Waals surface area contributed by atoms with Crippen molar-refractivity contribution in [2.45, 2.75) is 12.8 Å². The number of carbonyl (C=O) groups excluding carboxylic acids is 1. The summed E-state index contributed by atoms with van der Waals surface area (Å²) in [6, 6.07) is 1.70. The Morgan fingerprint density at radius 1 is 1.41 bits per heavy atom. The van der Waals surface area contributed by atoms with E-state index in [9.17, 15) is 13.6 Å². The minimum Gasteiger partial charge on any atom is -0.398 e. The largest absolute Gasteiger partial charge is 0.398 e. The van der Waals surface area contributed by atoms with Gasteiger partial charge in [0.05, 0.1) is 5.56 Å². The molecule has 0 bridgehead atoms. The van der Waals surface area contributed by atoms with Crippen LogP contribution in [0.2, 0.25) is 0 Å². The van der Waals surface area contributed by atoms with E-state index in [1.54, 1.807) is 7.05 Å². The SMILES string of the molecule is CN(CC1CC1)C(=O)c1cc(F)c(F)cc1N. The molecule has 1 aromatic carbocycles. The van der Waals surface area contributed by atoms with Gasteiger partial charge < -0.3 is 10.6 Å². The van der Waals surface area contributed by atoms with Gasteiger partial charge in [-0.1, -0.05) is 0 Å².